The Labute approximate surface area is 175 Å². The number of hydrogen-bond acceptors (Lipinski definition) is 6. The van der Waals surface area contributed by atoms with Crippen LogP contribution in [0.2, 0.25) is 0 Å². The zero-order valence-electron chi connectivity index (χ0n) is 16.5. The summed E-state index contributed by atoms with van der Waals surface area (Å²) >= 11 is 0. The molecule has 0 unspecified atom stereocenters. The summed E-state index contributed by atoms with van der Waals surface area (Å²) in [6.45, 7) is 1.78. The van der Waals surface area contributed by atoms with Gasteiger partial charge in [0.15, 0.2) is 5.65 Å². The van der Waals surface area contributed by atoms with E-state index in [2.05, 4.69) is 25.7 Å². The van der Waals surface area contributed by atoms with Gasteiger partial charge in [-0.2, -0.15) is 17.7 Å². The summed E-state index contributed by atoms with van der Waals surface area (Å²) in [5.74, 6) is 0.624. The van der Waals surface area contributed by atoms with Crippen LogP contribution >= 0.6 is 0 Å². The molecule has 31 heavy (non-hydrogen) atoms. The number of rotatable bonds is 3. The molecule has 1 aliphatic rings. The molecular weight excluding hydrogens is 407 g/mol. The summed E-state index contributed by atoms with van der Waals surface area (Å²) in [6, 6.07) is 9.56. The number of benzene rings is 1. The molecule has 4 aromatic rings. The van der Waals surface area contributed by atoms with Crippen LogP contribution in [0.5, 0.6) is 0 Å². The molecule has 4 heterocycles. The number of para-hydroxylation sites is 1. The standard InChI is InChI=1S/C21H20F3N7/c22-21(23,24)13-8-10-26-17(11-13)18-29-19-15-6-1-2-7-16(15)28-20(31(19)30-18)27-14-5-3-4-9-25-12-14/h1-2,6-8,10-11,14,25H,3-5,9,12H2,(H,27,28)/t14-/m0/s1. The van der Waals surface area contributed by atoms with E-state index < -0.39 is 11.7 Å². The lowest BCUT2D eigenvalue weighted by Crippen LogP contribution is -2.32. The Morgan fingerprint density at radius 3 is 2.84 bits per heavy atom. The summed E-state index contributed by atoms with van der Waals surface area (Å²) in [6.07, 6.45) is -0.147. The number of halogens is 3. The number of fused-ring (bicyclic) bond motifs is 3. The number of alkyl halides is 3. The number of nitrogens with one attached hydrogen (secondary N) is 2. The summed E-state index contributed by atoms with van der Waals surface area (Å²) in [5, 5.41) is 12.1. The van der Waals surface area contributed by atoms with Gasteiger partial charge >= 0.3 is 6.18 Å². The van der Waals surface area contributed by atoms with E-state index in [0.29, 0.717) is 11.6 Å². The topological polar surface area (TPSA) is 80.0 Å². The summed E-state index contributed by atoms with van der Waals surface area (Å²) < 4.78 is 41.0. The lowest BCUT2D eigenvalue weighted by atomic mass is 10.1. The first-order chi connectivity index (χ1) is 15.0. The molecule has 1 aliphatic heterocycles. The highest BCUT2D eigenvalue weighted by Gasteiger charge is 2.31. The molecule has 1 aromatic carbocycles. The minimum atomic E-state index is -4.47. The number of hydrogen-bond donors (Lipinski definition) is 2. The minimum absolute atomic E-state index is 0.0599. The highest BCUT2D eigenvalue weighted by atomic mass is 19.4. The molecule has 0 amide bonds. The molecule has 2 N–H and O–H groups in total. The SMILES string of the molecule is FC(F)(F)c1ccnc(-c2nc3c4ccccc4nc(N[C@H]4CCCCNC4)n3n2)c1. The molecule has 3 aromatic heterocycles. The predicted molar refractivity (Wildman–Crippen MR) is 111 cm³/mol. The Morgan fingerprint density at radius 2 is 1.97 bits per heavy atom. The largest absolute Gasteiger partial charge is 0.416 e. The van der Waals surface area contributed by atoms with Gasteiger partial charge in [-0.05, 0) is 43.7 Å². The van der Waals surface area contributed by atoms with Crippen molar-refractivity contribution in [2.24, 2.45) is 0 Å². The van der Waals surface area contributed by atoms with Gasteiger partial charge in [-0.25, -0.2) is 9.97 Å². The smallest absolute Gasteiger partial charge is 0.350 e. The van der Waals surface area contributed by atoms with Crippen LogP contribution in [0.4, 0.5) is 19.1 Å². The molecule has 0 bridgehead atoms. The Bertz CT molecular complexity index is 1230. The normalized spacial score (nSPS) is 17.7. The minimum Gasteiger partial charge on any atom is -0.350 e. The highest BCUT2D eigenvalue weighted by Crippen LogP contribution is 2.31. The van der Waals surface area contributed by atoms with Crippen LogP contribution in [-0.4, -0.2) is 43.7 Å². The molecule has 5 rings (SSSR count). The lowest BCUT2D eigenvalue weighted by Gasteiger charge is -2.17. The van der Waals surface area contributed by atoms with Gasteiger partial charge in [-0.3, -0.25) is 4.98 Å². The molecule has 0 spiro atoms. The van der Waals surface area contributed by atoms with Crippen LogP contribution in [0.1, 0.15) is 24.8 Å². The first-order valence-electron chi connectivity index (χ1n) is 10.2. The predicted octanol–water partition coefficient (Wildman–Crippen LogP) is 3.91. The Hall–Kier alpha value is -3.27. The van der Waals surface area contributed by atoms with Crippen LogP contribution in [-0.2, 0) is 6.18 Å². The number of nitrogens with zero attached hydrogens (tertiary/aromatic N) is 5. The average molecular weight is 427 g/mol. The van der Waals surface area contributed by atoms with E-state index in [1.165, 1.54) is 0 Å². The zero-order chi connectivity index (χ0) is 21.4. The van der Waals surface area contributed by atoms with Crippen LogP contribution < -0.4 is 10.6 Å². The van der Waals surface area contributed by atoms with E-state index in [4.69, 9.17) is 4.98 Å². The van der Waals surface area contributed by atoms with Crippen molar-refractivity contribution in [3.63, 3.8) is 0 Å². The first kappa shape index (κ1) is 19.7. The number of anilines is 1. The molecule has 1 saturated heterocycles. The maximum absolute atomic E-state index is 13.2. The van der Waals surface area contributed by atoms with E-state index in [1.54, 1.807) is 4.52 Å². The molecular formula is C21H20F3N7. The Kier molecular flexibility index (Phi) is 4.93. The van der Waals surface area contributed by atoms with Crippen LogP contribution in [0.15, 0.2) is 42.6 Å². The van der Waals surface area contributed by atoms with Crippen LogP contribution in [0, 0.1) is 0 Å². The van der Waals surface area contributed by atoms with Gasteiger partial charge in [0.25, 0.3) is 0 Å². The monoisotopic (exact) mass is 427 g/mol. The third-order valence-corrected chi connectivity index (χ3v) is 5.38. The van der Waals surface area contributed by atoms with Crippen molar-refractivity contribution in [2.75, 3.05) is 18.4 Å². The third kappa shape index (κ3) is 3.90. The molecule has 160 valence electrons. The van der Waals surface area contributed by atoms with Gasteiger partial charge in [0, 0.05) is 24.2 Å². The highest BCUT2D eigenvalue weighted by molar-refractivity contribution is 5.92. The number of aromatic nitrogens is 5. The lowest BCUT2D eigenvalue weighted by molar-refractivity contribution is -0.137. The van der Waals surface area contributed by atoms with Crippen LogP contribution in [0.3, 0.4) is 0 Å². The van der Waals surface area contributed by atoms with Crippen molar-refractivity contribution in [1.82, 2.24) is 29.9 Å². The maximum atomic E-state index is 13.2. The zero-order valence-corrected chi connectivity index (χ0v) is 16.5. The van der Waals surface area contributed by atoms with E-state index in [1.807, 2.05) is 24.3 Å². The fraction of sp³-hybridized carbons (Fsp3) is 0.333. The molecule has 0 radical (unpaired) electrons. The van der Waals surface area contributed by atoms with Crippen molar-refractivity contribution in [2.45, 2.75) is 31.5 Å². The molecule has 0 saturated carbocycles. The summed E-state index contributed by atoms with van der Waals surface area (Å²) in [7, 11) is 0. The number of pyridine rings is 1. The molecule has 1 fully saturated rings. The second-order valence-electron chi connectivity index (χ2n) is 7.59. The fourth-order valence-electron chi connectivity index (χ4n) is 3.81. The molecule has 0 aliphatic carbocycles. The second kappa shape index (κ2) is 7.77. The summed E-state index contributed by atoms with van der Waals surface area (Å²) in [4.78, 5) is 13.3. The molecule has 10 heteroatoms. The van der Waals surface area contributed by atoms with Gasteiger partial charge < -0.3 is 10.6 Å². The van der Waals surface area contributed by atoms with Crippen molar-refractivity contribution >= 4 is 22.5 Å². The van der Waals surface area contributed by atoms with Gasteiger partial charge in [0.2, 0.25) is 11.8 Å². The molecule has 1 atom stereocenters. The van der Waals surface area contributed by atoms with Crippen molar-refractivity contribution in [3.8, 4) is 11.5 Å². The first-order valence-corrected chi connectivity index (χ1v) is 10.2. The van der Waals surface area contributed by atoms with Gasteiger partial charge in [0.05, 0.1) is 11.1 Å². The van der Waals surface area contributed by atoms with Crippen molar-refractivity contribution < 1.29 is 13.2 Å². The van der Waals surface area contributed by atoms with E-state index in [0.717, 1.165) is 61.6 Å². The quantitative estimate of drug-likeness (QED) is 0.516. The van der Waals surface area contributed by atoms with Gasteiger partial charge in [-0.15, -0.1) is 5.10 Å². The van der Waals surface area contributed by atoms with Gasteiger partial charge in [0.1, 0.15) is 5.69 Å². The van der Waals surface area contributed by atoms with Crippen molar-refractivity contribution in [1.29, 1.82) is 0 Å². The fourth-order valence-corrected chi connectivity index (χ4v) is 3.81. The third-order valence-electron chi connectivity index (χ3n) is 5.38. The molecule has 7 nitrogen and oxygen atoms in total. The van der Waals surface area contributed by atoms with Gasteiger partial charge in [-0.1, -0.05) is 18.6 Å². The summed E-state index contributed by atoms with van der Waals surface area (Å²) in [5.41, 5.74) is 0.519. The Balaban J connectivity index is 1.63. The average Bonchev–Trinajstić information content (AvgIpc) is 3.06. The van der Waals surface area contributed by atoms with Crippen molar-refractivity contribution in [3.05, 3.63) is 48.2 Å². The van der Waals surface area contributed by atoms with Crippen LogP contribution in [0.25, 0.3) is 28.1 Å². The van der Waals surface area contributed by atoms with E-state index in [9.17, 15) is 13.2 Å². The van der Waals surface area contributed by atoms with E-state index >= 15 is 0 Å². The second-order valence-corrected chi connectivity index (χ2v) is 7.59. The maximum Gasteiger partial charge on any atom is 0.416 e. The van der Waals surface area contributed by atoms with E-state index in [-0.39, 0.29) is 17.6 Å². The Morgan fingerprint density at radius 1 is 1.10 bits per heavy atom.